The van der Waals surface area contributed by atoms with Gasteiger partial charge in [-0.2, -0.15) is 4.52 Å². The number of anilines is 1. The quantitative estimate of drug-likeness (QED) is 0.501. The maximum absolute atomic E-state index is 14.2. The topological polar surface area (TPSA) is 63.4 Å². The fraction of sp³-hybridized carbons (Fsp3) is 0.190. The second-order valence-electron chi connectivity index (χ2n) is 6.78. The molecule has 0 spiro atoms. The van der Waals surface area contributed by atoms with Crippen LogP contribution in [0.4, 0.5) is 10.2 Å². The van der Waals surface area contributed by atoms with Gasteiger partial charge in [0.1, 0.15) is 11.6 Å². The van der Waals surface area contributed by atoms with Crippen molar-refractivity contribution < 1.29 is 8.60 Å². The molecular weight excluding hydrogens is 389 g/mol. The number of fused-ring (bicyclic) bond motifs is 1. The molecule has 0 aliphatic rings. The van der Waals surface area contributed by atoms with Gasteiger partial charge in [0.25, 0.3) is 0 Å². The summed E-state index contributed by atoms with van der Waals surface area (Å²) in [5.74, 6) is 0.686. The lowest BCUT2D eigenvalue weighted by molar-refractivity contribution is 0.629. The highest BCUT2D eigenvalue weighted by Crippen LogP contribution is 2.26. The average Bonchev–Trinajstić information content (AvgIpc) is 3.16. The highest BCUT2D eigenvalue weighted by Gasteiger charge is 2.17. The Hall–Kier alpha value is -3.13. The maximum atomic E-state index is 14.2. The van der Waals surface area contributed by atoms with Crippen LogP contribution in [-0.2, 0) is 10.8 Å². The van der Waals surface area contributed by atoms with Crippen LogP contribution in [0.1, 0.15) is 18.5 Å². The van der Waals surface area contributed by atoms with Crippen molar-refractivity contribution in [1.82, 2.24) is 19.8 Å². The molecular formula is C21H20FN5OS. The van der Waals surface area contributed by atoms with E-state index >= 15 is 0 Å². The van der Waals surface area contributed by atoms with E-state index in [-0.39, 0.29) is 11.9 Å². The van der Waals surface area contributed by atoms with Crippen molar-refractivity contribution in [3.05, 3.63) is 72.0 Å². The van der Waals surface area contributed by atoms with Gasteiger partial charge in [0.05, 0.1) is 11.6 Å². The van der Waals surface area contributed by atoms with E-state index in [2.05, 4.69) is 22.2 Å². The molecule has 8 heteroatoms. The number of halogens is 1. The van der Waals surface area contributed by atoms with Crippen LogP contribution < -0.4 is 4.90 Å². The van der Waals surface area contributed by atoms with E-state index in [1.165, 1.54) is 6.07 Å². The zero-order valence-electron chi connectivity index (χ0n) is 16.3. The molecule has 6 nitrogen and oxygen atoms in total. The van der Waals surface area contributed by atoms with E-state index in [0.29, 0.717) is 22.9 Å². The Bertz CT molecular complexity index is 1190. The molecule has 0 N–H and O–H groups in total. The fourth-order valence-electron chi connectivity index (χ4n) is 3.14. The van der Waals surface area contributed by atoms with Crippen LogP contribution in [0.25, 0.3) is 17.0 Å². The first-order valence-electron chi connectivity index (χ1n) is 9.09. The Kier molecular flexibility index (Phi) is 5.10. The molecule has 4 rings (SSSR count). The summed E-state index contributed by atoms with van der Waals surface area (Å²) >= 11 is 0. The van der Waals surface area contributed by atoms with E-state index in [1.807, 2.05) is 48.3 Å². The first kappa shape index (κ1) is 19.2. The molecule has 29 heavy (non-hydrogen) atoms. The lowest BCUT2D eigenvalue weighted by atomic mass is 10.1. The Labute approximate surface area is 170 Å². The minimum absolute atomic E-state index is 0.0210. The largest absolute Gasteiger partial charge is 0.351 e. The van der Waals surface area contributed by atoms with E-state index < -0.39 is 10.8 Å². The van der Waals surface area contributed by atoms with Gasteiger partial charge < -0.3 is 4.90 Å². The standard InChI is InChI=1S/C21H20FN5OS/c1-14(15-8-10-16(11-9-15)29(3)28)26(2)20-13-12-19-23-24-21(27(19)25-20)17-6-4-5-7-18(17)22/h4-14H,1-3H3. The van der Waals surface area contributed by atoms with Gasteiger partial charge in [-0.25, -0.2) is 4.39 Å². The van der Waals surface area contributed by atoms with Crippen molar-refractivity contribution in [1.29, 1.82) is 0 Å². The molecule has 2 aromatic heterocycles. The zero-order chi connectivity index (χ0) is 20.5. The monoisotopic (exact) mass is 409 g/mol. The van der Waals surface area contributed by atoms with Crippen LogP contribution in [0.15, 0.2) is 65.6 Å². The predicted octanol–water partition coefficient (Wildman–Crippen LogP) is 3.87. The van der Waals surface area contributed by atoms with Gasteiger partial charge in [-0.3, -0.25) is 4.21 Å². The van der Waals surface area contributed by atoms with Gasteiger partial charge in [-0.05, 0) is 48.9 Å². The Morgan fingerprint density at radius 2 is 1.76 bits per heavy atom. The average molecular weight is 409 g/mol. The Balaban J connectivity index is 1.69. The molecule has 0 fully saturated rings. The summed E-state index contributed by atoms with van der Waals surface area (Å²) in [4.78, 5) is 2.81. The molecule has 0 bridgehead atoms. The molecule has 0 saturated heterocycles. The predicted molar refractivity (Wildman–Crippen MR) is 112 cm³/mol. The molecule has 2 heterocycles. The van der Waals surface area contributed by atoms with Gasteiger partial charge in [0, 0.05) is 29.0 Å². The lowest BCUT2D eigenvalue weighted by Gasteiger charge is -2.26. The number of rotatable bonds is 5. The highest BCUT2D eigenvalue weighted by molar-refractivity contribution is 7.84. The summed E-state index contributed by atoms with van der Waals surface area (Å²) in [5, 5.41) is 12.9. The van der Waals surface area contributed by atoms with Crippen molar-refractivity contribution >= 4 is 22.3 Å². The van der Waals surface area contributed by atoms with Gasteiger partial charge in [-0.1, -0.05) is 24.3 Å². The highest BCUT2D eigenvalue weighted by atomic mass is 32.2. The summed E-state index contributed by atoms with van der Waals surface area (Å²) in [6.07, 6.45) is 1.66. The smallest absolute Gasteiger partial charge is 0.188 e. The summed E-state index contributed by atoms with van der Waals surface area (Å²) in [7, 11) is 0.937. The fourth-order valence-corrected chi connectivity index (χ4v) is 3.66. The van der Waals surface area contributed by atoms with Crippen LogP contribution in [0.3, 0.4) is 0 Å². The Morgan fingerprint density at radius 1 is 1.03 bits per heavy atom. The molecule has 2 unspecified atom stereocenters. The van der Waals surface area contributed by atoms with Crippen molar-refractivity contribution in [2.24, 2.45) is 0 Å². The minimum atomic E-state index is -1.00. The zero-order valence-corrected chi connectivity index (χ0v) is 17.1. The van der Waals surface area contributed by atoms with Crippen LogP contribution in [0.2, 0.25) is 0 Å². The summed E-state index contributed by atoms with van der Waals surface area (Å²) in [5.41, 5.74) is 1.97. The van der Waals surface area contributed by atoms with Gasteiger partial charge in [-0.15, -0.1) is 15.3 Å². The molecule has 148 valence electrons. The number of nitrogens with zero attached hydrogens (tertiary/aromatic N) is 5. The van der Waals surface area contributed by atoms with Crippen molar-refractivity contribution in [2.75, 3.05) is 18.2 Å². The van der Waals surface area contributed by atoms with Crippen LogP contribution in [-0.4, -0.2) is 37.3 Å². The maximum Gasteiger partial charge on any atom is 0.188 e. The molecule has 4 aromatic rings. The molecule has 0 aliphatic carbocycles. The number of aromatic nitrogens is 4. The minimum Gasteiger partial charge on any atom is -0.351 e. The second kappa shape index (κ2) is 7.71. The SMILES string of the molecule is CC(c1ccc(S(C)=O)cc1)N(C)c1ccc2nnc(-c3ccccc3F)n2n1. The molecule has 0 radical (unpaired) electrons. The van der Waals surface area contributed by atoms with Crippen molar-refractivity contribution in [3.63, 3.8) is 0 Å². The third kappa shape index (κ3) is 3.63. The normalized spacial score (nSPS) is 13.4. The molecule has 0 saturated carbocycles. The molecule has 2 aromatic carbocycles. The van der Waals surface area contributed by atoms with Gasteiger partial charge >= 0.3 is 0 Å². The lowest BCUT2D eigenvalue weighted by Crippen LogP contribution is -2.23. The van der Waals surface area contributed by atoms with E-state index in [1.54, 1.807) is 29.0 Å². The first-order valence-corrected chi connectivity index (χ1v) is 10.6. The third-order valence-corrected chi connectivity index (χ3v) is 5.94. The van der Waals surface area contributed by atoms with E-state index in [4.69, 9.17) is 0 Å². The van der Waals surface area contributed by atoms with Crippen molar-refractivity contribution in [3.8, 4) is 11.4 Å². The molecule has 0 amide bonds. The van der Waals surface area contributed by atoms with Crippen LogP contribution in [0.5, 0.6) is 0 Å². The van der Waals surface area contributed by atoms with E-state index in [0.717, 1.165) is 10.5 Å². The van der Waals surface area contributed by atoms with Gasteiger partial charge in [0.15, 0.2) is 11.5 Å². The van der Waals surface area contributed by atoms with Crippen LogP contribution >= 0.6 is 0 Å². The Morgan fingerprint density at radius 3 is 2.45 bits per heavy atom. The first-order chi connectivity index (χ1) is 14.0. The summed E-state index contributed by atoms with van der Waals surface area (Å²) in [6, 6.07) is 17.8. The van der Waals surface area contributed by atoms with E-state index in [9.17, 15) is 8.60 Å². The van der Waals surface area contributed by atoms with Crippen LogP contribution in [0, 0.1) is 5.82 Å². The van der Waals surface area contributed by atoms with Crippen molar-refractivity contribution in [2.45, 2.75) is 17.9 Å². The second-order valence-corrected chi connectivity index (χ2v) is 8.15. The van der Waals surface area contributed by atoms with Gasteiger partial charge in [0.2, 0.25) is 0 Å². The number of hydrogen-bond donors (Lipinski definition) is 0. The molecule has 0 aliphatic heterocycles. The number of hydrogen-bond acceptors (Lipinski definition) is 5. The summed E-state index contributed by atoms with van der Waals surface area (Å²) in [6.45, 7) is 2.06. The third-order valence-electron chi connectivity index (χ3n) is 5.00. The summed E-state index contributed by atoms with van der Waals surface area (Å²) < 4.78 is 27.4. The number of benzene rings is 2. The molecule has 2 atom stereocenters.